The van der Waals surface area contributed by atoms with E-state index in [1.807, 2.05) is 11.8 Å². The van der Waals surface area contributed by atoms with E-state index in [1.54, 1.807) is 0 Å². The van der Waals surface area contributed by atoms with Crippen LogP contribution in [0.15, 0.2) is 0 Å². The Morgan fingerprint density at radius 3 is 2.77 bits per heavy atom. The molecule has 0 aliphatic rings. The van der Waals surface area contributed by atoms with Crippen molar-refractivity contribution in [2.75, 3.05) is 12.3 Å². The molecule has 0 saturated carbocycles. The lowest BCUT2D eigenvalue weighted by atomic mass is 10.2. The highest BCUT2D eigenvalue weighted by Gasteiger charge is 2.01. The summed E-state index contributed by atoms with van der Waals surface area (Å²) in [5.74, 6) is 0.356. The van der Waals surface area contributed by atoms with Crippen LogP contribution in [0.25, 0.3) is 0 Å². The smallest absolute Gasteiger partial charge is 0.303 e. The summed E-state index contributed by atoms with van der Waals surface area (Å²) < 4.78 is 0. The van der Waals surface area contributed by atoms with Gasteiger partial charge in [0.25, 0.3) is 0 Å². The van der Waals surface area contributed by atoms with Gasteiger partial charge in [0, 0.05) is 11.7 Å². The number of thioether (sulfide) groups is 1. The summed E-state index contributed by atoms with van der Waals surface area (Å²) in [4.78, 5) is 10.2. The minimum absolute atomic E-state index is 0.297. The predicted molar refractivity (Wildman–Crippen MR) is 57.1 cm³/mol. The zero-order valence-electron chi connectivity index (χ0n) is 8.16. The van der Waals surface area contributed by atoms with Crippen LogP contribution >= 0.6 is 11.8 Å². The number of hydrogen-bond acceptors (Lipinski definition) is 3. The van der Waals surface area contributed by atoms with Gasteiger partial charge in [-0.05, 0) is 31.6 Å². The maximum absolute atomic E-state index is 10.2. The monoisotopic (exact) mass is 205 g/mol. The van der Waals surface area contributed by atoms with Crippen molar-refractivity contribution in [1.29, 1.82) is 0 Å². The normalized spacial score (nSPS) is 12.8. The van der Waals surface area contributed by atoms with Crippen LogP contribution in [0, 0.1) is 0 Å². The van der Waals surface area contributed by atoms with E-state index in [4.69, 9.17) is 10.8 Å². The van der Waals surface area contributed by atoms with Gasteiger partial charge in [-0.15, -0.1) is 0 Å². The summed E-state index contributed by atoms with van der Waals surface area (Å²) in [6.45, 7) is 2.90. The fourth-order valence-corrected chi connectivity index (χ4v) is 2.06. The molecule has 0 spiro atoms. The number of unbranched alkanes of at least 4 members (excludes halogenated alkanes) is 1. The molecule has 0 heterocycles. The van der Waals surface area contributed by atoms with Crippen LogP contribution in [0.4, 0.5) is 0 Å². The van der Waals surface area contributed by atoms with Crippen LogP contribution in [0.3, 0.4) is 0 Å². The molecule has 1 unspecified atom stereocenters. The van der Waals surface area contributed by atoms with Gasteiger partial charge in [-0.25, -0.2) is 0 Å². The topological polar surface area (TPSA) is 63.3 Å². The van der Waals surface area contributed by atoms with E-state index in [9.17, 15) is 4.79 Å². The zero-order chi connectivity index (χ0) is 10.1. The SMILES string of the molecule is CC(CCN)SCCCCC(=O)O. The van der Waals surface area contributed by atoms with Gasteiger partial charge in [0.05, 0.1) is 0 Å². The molecule has 0 aliphatic carbocycles. The lowest BCUT2D eigenvalue weighted by Gasteiger charge is -2.08. The van der Waals surface area contributed by atoms with Crippen LogP contribution in [0.2, 0.25) is 0 Å². The first kappa shape index (κ1) is 12.8. The molecule has 3 nitrogen and oxygen atoms in total. The molecule has 0 aliphatic heterocycles. The molecule has 0 rings (SSSR count). The molecule has 0 aromatic rings. The highest BCUT2D eigenvalue weighted by atomic mass is 32.2. The van der Waals surface area contributed by atoms with Crippen molar-refractivity contribution < 1.29 is 9.90 Å². The summed E-state index contributed by atoms with van der Waals surface area (Å²) in [6.07, 6.45) is 3.12. The summed E-state index contributed by atoms with van der Waals surface area (Å²) >= 11 is 1.88. The van der Waals surface area contributed by atoms with Gasteiger partial charge in [0.2, 0.25) is 0 Å². The average molecular weight is 205 g/mol. The van der Waals surface area contributed by atoms with Crippen molar-refractivity contribution in [3.63, 3.8) is 0 Å². The van der Waals surface area contributed by atoms with Crippen LogP contribution in [-0.2, 0) is 4.79 Å². The van der Waals surface area contributed by atoms with Gasteiger partial charge in [0.15, 0.2) is 0 Å². The van der Waals surface area contributed by atoms with E-state index in [2.05, 4.69) is 6.92 Å². The van der Waals surface area contributed by atoms with E-state index in [0.29, 0.717) is 11.7 Å². The molecule has 0 aromatic carbocycles. The first-order valence-electron chi connectivity index (χ1n) is 4.70. The Labute approximate surface area is 84.1 Å². The van der Waals surface area contributed by atoms with Crippen molar-refractivity contribution in [1.82, 2.24) is 0 Å². The Morgan fingerprint density at radius 2 is 2.23 bits per heavy atom. The molecule has 3 N–H and O–H groups in total. The van der Waals surface area contributed by atoms with Crippen molar-refractivity contribution in [2.45, 2.75) is 37.9 Å². The van der Waals surface area contributed by atoms with Gasteiger partial charge in [-0.1, -0.05) is 6.92 Å². The highest BCUT2D eigenvalue weighted by Crippen LogP contribution is 2.15. The van der Waals surface area contributed by atoms with Crippen LogP contribution in [0.1, 0.15) is 32.6 Å². The van der Waals surface area contributed by atoms with E-state index >= 15 is 0 Å². The Bertz CT molecular complexity index is 142. The van der Waals surface area contributed by atoms with E-state index in [1.165, 1.54) is 0 Å². The third kappa shape index (κ3) is 9.70. The Balaban J connectivity index is 3.11. The molecule has 78 valence electrons. The molecule has 0 radical (unpaired) electrons. The molecule has 0 aromatic heterocycles. The fourth-order valence-electron chi connectivity index (χ4n) is 0.981. The third-order valence-electron chi connectivity index (χ3n) is 1.76. The average Bonchev–Trinajstić information content (AvgIpc) is 2.03. The summed E-state index contributed by atoms with van der Waals surface area (Å²) in [7, 11) is 0. The summed E-state index contributed by atoms with van der Waals surface area (Å²) in [5, 5.41) is 8.99. The molecule has 0 bridgehead atoms. The van der Waals surface area contributed by atoms with E-state index in [0.717, 1.165) is 31.6 Å². The number of carbonyl (C=O) groups is 1. The number of nitrogens with two attached hydrogens (primary N) is 1. The molecule has 4 heteroatoms. The summed E-state index contributed by atoms with van der Waals surface area (Å²) in [6, 6.07) is 0. The van der Waals surface area contributed by atoms with Gasteiger partial charge < -0.3 is 10.8 Å². The Hall–Kier alpha value is -0.220. The molecular weight excluding hydrogens is 186 g/mol. The molecule has 0 amide bonds. The minimum Gasteiger partial charge on any atom is -0.481 e. The van der Waals surface area contributed by atoms with Gasteiger partial charge in [-0.3, -0.25) is 4.79 Å². The predicted octanol–water partition coefficient (Wildman–Crippen LogP) is 1.71. The molecule has 13 heavy (non-hydrogen) atoms. The standard InChI is InChI=1S/C9H19NO2S/c1-8(5-6-10)13-7-3-2-4-9(11)12/h8H,2-7,10H2,1H3,(H,11,12). The van der Waals surface area contributed by atoms with Crippen molar-refractivity contribution >= 4 is 17.7 Å². The Morgan fingerprint density at radius 1 is 1.54 bits per heavy atom. The maximum Gasteiger partial charge on any atom is 0.303 e. The quantitative estimate of drug-likeness (QED) is 0.592. The molecule has 0 fully saturated rings. The zero-order valence-corrected chi connectivity index (χ0v) is 8.98. The molecular formula is C9H19NO2S. The number of carboxylic acid groups (broad SMARTS) is 1. The third-order valence-corrected chi connectivity index (χ3v) is 3.09. The number of aliphatic carboxylic acids is 1. The fraction of sp³-hybridized carbons (Fsp3) is 0.889. The van der Waals surface area contributed by atoms with Gasteiger partial charge in [0.1, 0.15) is 0 Å². The first-order chi connectivity index (χ1) is 6.16. The number of carboxylic acids is 1. The van der Waals surface area contributed by atoms with Gasteiger partial charge >= 0.3 is 5.97 Å². The highest BCUT2D eigenvalue weighted by molar-refractivity contribution is 7.99. The van der Waals surface area contributed by atoms with Crippen LogP contribution in [-0.4, -0.2) is 28.6 Å². The van der Waals surface area contributed by atoms with Crippen LogP contribution < -0.4 is 5.73 Å². The second kappa shape index (κ2) is 8.38. The maximum atomic E-state index is 10.2. The largest absolute Gasteiger partial charge is 0.481 e. The lowest BCUT2D eigenvalue weighted by molar-refractivity contribution is -0.137. The van der Waals surface area contributed by atoms with Crippen LogP contribution in [0.5, 0.6) is 0 Å². The Kier molecular flexibility index (Phi) is 8.24. The second-order valence-electron chi connectivity index (χ2n) is 3.11. The molecule has 0 saturated heterocycles. The minimum atomic E-state index is -0.694. The summed E-state index contributed by atoms with van der Waals surface area (Å²) in [5.41, 5.74) is 5.41. The van der Waals surface area contributed by atoms with Crippen molar-refractivity contribution in [3.8, 4) is 0 Å². The van der Waals surface area contributed by atoms with E-state index < -0.39 is 5.97 Å². The van der Waals surface area contributed by atoms with Gasteiger partial charge in [-0.2, -0.15) is 11.8 Å². The number of hydrogen-bond donors (Lipinski definition) is 2. The van der Waals surface area contributed by atoms with E-state index in [-0.39, 0.29) is 0 Å². The van der Waals surface area contributed by atoms with Crippen molar-refractivity contribution in [2.24, 2.45) is 5.73 Å². The second-order valence-corrected chi connectivity index (χ2v) is 4.66. The number of rotatable bonds is 8. The first-order valence-corrected chi connectivity index (χ1v) is 5.75. The molecule has 1 atom stereocenters. The van der Waals surface area contributed by atoms with Crippen molar-refractivity contribution in [3.05, 3.63) is 0 Å². The lowest BCUT2D eigenvalue weighted by Crippen LogP contribution is -2.07.